The van der Waals surface area contributed by atoms with Gasteiger partial charge < -0.3 is 5.73 Å². The number of carbonyl (C=O) groups excluding carboxylic acids is 1. The third kappa shape index (κ3) is 3.60. The second kappa shape index (κ2) is 5.69. The molecule has 0 saturated heterocycles. The Kier molecular flexibility index (Phi) is 4.00. The Hall–Kier alpha value is -1.80. The van der Waals surface area contributed by atoms with Gasteiger partial charge in [-0.2, -0.15) is 0 Å². The highest BCUT2D eigenvalue weighted by Gasteiger charge is 2.05. The average molecular weight is 260 g/mol. The molecule has 92 valence electrons. The fourth-order valence-electron chi connectivity index (χ4n) is 1.80. The SMILES string of the molecule is Nc1ccc(CC(=O)Cc2cccc(Cl)c2)cc1. The Bertz CT molecular complexity index is 549. The number of ketones is 1. The minimum absolute atomic E-state index is 0.169. The molecule has 2 N–H and O–H groups in total. The third-order valence-corrected chi connectivity index (χ3v) is 2.91. The zero-order chi connectivity index (χ0) is 13.0. The number of hydrogen-bond donors (Lipinski definition) is 1. The van der Waals surface area contributed by atoms with E-state index in [2.05, 4.69) is 0 Å². The van der Waals surface area contributed by atoms with Crippen molar-refractivity contribution in [1.29, 1.82) is 0 Å². The van der Waals surface area contributed by atoms with Crippen LogP contribution < -0.4 is 5.73 Å². The number of benzene rings is 2. The maximum Gasteiger partial charge on any atom is 0.141 e. The summed E-state index contributed by atoms with van der Waals surface area (Å²) < 4.78 is 0. The van der Waals surface area contributed by atoms with Crippen molar-refractivity contribution in [2.24, 2.45) is 0 Å². The summed E-state index contributed by atoms with van der Waals surface area (Å²) in [6.07, 6.45) is 0.831. The average Bonchev–Trinajstić information content (AvgIpc) is 2.32. The molecule has 0 spiro atoms. The van der Waals surface area contributed by atoms with Gasteiger partial charge in [-0.15, -0.1) is 0 Å². The van der Waals surface area contributed by atoms with E-state index < -0.39 is 0 Å². The van der Waals surface area contributed by atoms with Gasteiger partial charge in [0.2, 0.25) is 0 Å². The lowest BCUT2D eigenvalue weighted by molar-refractivity contribution is -0.117. The van der Waals surface area contributed by atoms with E-state index in [1.807, 2.05) is 42.5 Å². The maximum atomic E-state index is 11.9. The zero-order valence-corrected chi connectivity index (χ0v) is 10.7. The molecule has 0 amide bonds. The highest BCUT2D eigenvalue weighted by molar-refractivity contribution is 6.30. The van der Waals surface area contributed by atoms with Crippen LogP contribution in [0.5, 0.6) is 0 Å². The van der Waals surface area contributed by atoms with Crippen LogP contribution in [0.4, 0.5) is 5.69 Å². The number of nitrogens with two attached hydrogens (primary N) is 1. The van der Waals surface area contributed by atoms with Crippen LogP contribution in [-0.4, -0.2) is 5.78 Å². The number of carbonyl (C=O) groups is 1. The van der Waals surface area contributed by atoms with Crippen LogP contribution in [0.3, 0.4) is 0 Å². The van der Waals surface area contributed by atoms with E-state index in [0.717, 1.165) is 11.1 Å². The summed E-state index contributed by atoms with van der Waals surface area (Å²) in [7, 11) is 0. The quantitative estimate of drug-likeness (QED) is 0.857. The summed E-state index contributed by atoms with van der Waals surface area (Å²) in [6.45, 7) is 0. The van der Waals surface area contributed by atoms with Crippen LogP contribution in [0.2, 0.25) is 5.02 Å². The van der Waals surface area contributed by atoms with Gasteiger partial charge in [-0.1, -0.05) is 35.9 Å². The predicted octanol–water partition coefficient (Wildman–Crippen LogP) is 3.28. The van der Waals surface area contributed by atoms with Crippen molar-refractivity contribution in [3.05, 3.63) is 64.7 Å². The highest BCUT2D eigenvalue weighted by Crippen LogP contribution is 2.13. The predicted molar refractivity (Wildman–Crippen MR) is 74.7 cm³/mol. The summed E-state index contributed by atoms with van der Waals surface area (Å²) in [6, 6.07) is 14.8. The summed E-state index contributed by atoms with van der Waals surface area (Å²) in [5.41, 5.74) is 8.24. The van der Waals surface area contributed by atoms with E-state index >= 15 is 0 Å². The van der Waals surface area contributed by atoms with Crippen LogP contribution in [-0.2, 0) is 17.6 Å². The first-order chi connectivity index (χ1) is 8.63. The Morgan fingerprint density at radius 3 is 2.33 bits per heavy atom. The van der Waals surface area contributed by atoms with Crippen LogP contribution in [0, 0.1) is 0 Å². The first-order valence-electron chi connectivity index (χ1n) is 5.74. The highest BCUT2D eigenvalue weighted by atomic mass is 35.5. The van der Waals surface area contributed by atoms with E-state index in [1.165, 1.54) is 0 Å². The number of Topliss-reactive ketones (excluding diaryl/α,β-unsaturated/α-hetero) is 1. The molecule has 2 rings (SSSR count). The van der Waals surface area contributed by atoms with E-state index in [1.54, 1.807) is 6.07 Å². The van der Waals surface area contributed by atoms with Gasteiger partial charge in [-0.05, 0) is 35.4 Å². The van der Waals surface area contributed by atoms with E-state index in [4.69, 9.17) is 17.3 Å². The number of rotatable bonds is 4. The molecule has 2 aromatic rings. The first kappa shape index (κ1) is 12.7. The van der Waals surface area contributed by atoms with Gasteiger partial charge in [-0.25, -0.2) is 0 Å². The van der Waals surface area contributed by atoms with E-state index in [-0.39, 0.29) is 5.78 Å². The van der Waals surface area contributed by atoms with Crippen molar-refractivity contribution < 1.29 is 4.79 Å². The molecule has 0 radical (unpaired) electrons. The minimum Gasteiger partial charge on any atom is -0.399 e. The fourth-order valence-corrected chi connectivity index (χ4v) is 2.01. The second-order valence-corrected chi connectivity index (χ2v) is 4.70. The fraction of sp³-hybridized carbons (Fsp3) is 0.133. The molecule has 0 heterocycles. The molecule has 2 nitrogen and oxygen atoms in total. The summed E-state index contributed by atoms with van der Waals surface area (Å²) in [4.78, 5) is 11.9. The van der Waals surface area contributed by atoms with Crippen molar-refractivity contribution in [1.82, 2.24) is 0 Å². The number of hydrogen-bond acceptors (Lipinski definition) is 2. The van der Waals surface area contributed by atoms with Gasteiger partial charge in [0.15, 0.2) is 0 Å². The maximum absolute atomic E-state index is 11.9. The molecule has 0 unspecified atom stereocenters. The summed E-state index contributed by atoms with van der Waals surface area (Å²) in [5, 5.41) is 0.660. The molecule has 0 aliphatic carbocycles. The molecular weight excluding hydrogens is 246 g/mol. The molecule has 0 aliphatic rings. The van der Waals surface area contributed by atoms with Gasteiger partial charge in [0.05, 0.1) is 0 Å². The second-order valence-electron chi connectivity index (χ2n) is 4.26. The van der Waals surface area contributed by atoms with Crippen LogP contribution in [0.1, 0.15) is 11.1 Å². The topological polar surface area (TPSA) is 43.1 Å². The van der Waals surface area contributed by atoms with Crippen LogP contribution in [0.15, 0.2) is 48.5 Å². The molecule has 2 aromatic carbocycles. The van der Waals surface area contributed by atoms with Gasteiger partial charge >= 0.3 is 0 Å². The van der Waals surface area contributed by atoms with Crippen molar-refractivity contribution >= 4 is 23.1 Å². The van der Waals surface area contributed by atoms with Gasteiger partial charge in [0.25, 0.3) is 0 Å². The molecule has 0 aliphatic heterocycles. The molecule has 0 bridgehead atoms. The van der Waals surface area contributed by atoms with Crippen molar-refractivity contribution in [3.63, 3.8) is 0 Å². The van der Waals surface area contributed by atoms with E-state index in [9.17, 15) is 4.79 Å². The zero-order valence-electron chi connectivity index (χ0n) is 9.90. The number of nitrogen functional groups attached to an aromatic ring is 1. The smallest absolute Gasteiger partial charge is 0.141 e. The number of halogens is 1. The minimum atomic E-state index is 0.169. The Labute approximate surface area is 111 Å². The van der Waals surface area contributed by atoms with Gasteiger partial charge in [0.1, 0.15) is 5.78 Å². The largest absolute Gasteiger partial charge is 0.399 e. The van der Waals surface area contributed by atoms with Crippen molar-refractivity contribution in [2.45, 2.75) is 12.8 Å². The molecular formula is C15H14ClNO. The molecule has 0 aromatic heterocycles. The lowest BCUT2D eigenvalue weighted by Crippen LogP contribution is -2.06. The van der Waals surface area contributed by atoms with Crippen molar-refractivity contribution in [3.8, 4) is 0 Å². The summed E-state index contributed by atoms with van der Waals surface area (Å²) in [5.74, 6) is 0.169. The van der Waals surface area contributed by atoms with E-state index in [0.29, 0.717) is 23.6 Å². The molecule has 3 heteroatoms. The Morgan fingerprint density at radius 1 is 1.00 bits per heavy atom. The van der Waals surface area contributed by atoms with Gasteiger partial charge in [-0.3, -0.25) is 4.79 Å². The first-order valence-corrected chi connectivity index (χ1v) is 6.12. The Morgan fingerprint density at radius 2 is 1.67 bits per heavy atom. The molecule has 0 fully saturated rings. The van der Waals surface area contributed by atoms with Gasteiger partial charge in [0, 0.05) is 23.6 Å². The molecule has 0 atom stereocenters. The number of anilines is 1. The molecule has 0 saturated carbocycles. The third-order valence-electron chi connectivity index (χ3n) is 2.67. The monoisotopic (exact) mass is 259 g/mol. The lowest BCUT2D eigenvalue weighted by Gasteiger charge is -2.03. The normalized spacial score (nSPS) is 10.3. The van der Waals surface area contributed by atoms with Crippen LogP contribution >= 0.6 is 11.6 Å². The lowest BCUT2D eigenvalue weighted by atomic mass is 10.0. The standard InChI is InChI=1S/C15H14ClNO/c16-13-3-1-2-12(8-13)10-15(18)9-11-4-6-14(17)7-5-11/h1-8H,9-10,17H2. The van der Waals surface area contributed by atoms with Crippen molar-refractivity contribution in [2.75, 3.05) is 5.73 Å². The Balaban J connectivity index is 1.98. The summed E-state index contributed by atoms with van der Waals surface area (Å²) >= 11 is 5.88. The molecule has 18 heavy (non-hydrogen) atoms. The van der Waals surface area contributed by atoms with Crippen LogP contribution in [0.25, 0.3) is 0 Å².